The van der Waals surface area contributed by atoms with E-state index in [0.29, 0.717) is 0 Å². The van der Waals surface area contributed by atoms with Crippen LogP contribution in [0.4, 0.5) is 0 Å². The maximum absolute atomic E-state index is 9.97. The monoisotopic (exact) mass is 248 g/mol. The molecule has 0 aliphatic rings. The average molecular weight is 248 g/mol. The fraction of sp³-hybridized carbons (Fsp3) is 0.182. The number of hydrogen-bond donors (Lipinski definition) is 0. The summed E-state index contributed by atoms with van der Waals surface area (Å²) in [6, 6.07) is 9.19. The Hall–Kier alpha value is -0.0136. The number of carboxylic acid groups (broad SMARTS) is 1. The molecule has 1 aromatic rings. The first-order valence-corrected chi connectivity index (χ1v) is 4.05. The first-order chi connectivity index (χ1) is 7.29. The van der Waals surface area contributed by atoms with Gasteiger partial charge in [-0.15, -0.1) is 0 Å². The van der Waals surface area contributed by atoms with Crippen LogP contribution in [0.15, 0.2) is 36.4 Å². The Kier molecular flexibility index (Phi) is 23.1. The molecule has 0 spiro atoms. The van der Waals surface area contributed by atoms with Crippen LogP contribution in [0.2, 0.25) is 0 Å². The molecule has 0 N–H and O–H groups in total. The van der Waals surface area contributed by atoms with E-state index >= 15 is 0 Å². The summed E-state index contributed by atoms with van der Waals surface area (Å²) in [5.41, 5.74) is 0.858. The minimum Gasteiger partial charge on any atom is -0.857 e. The van der Waals surface area contributed by atoms with Crippen LogP contribution in [-0.2, 0) is 4.79 Å². The number of hydrogen-bond acceptors (Lipinski definition) is 4. The van der Waals surface area contributed by atoms with E-state index in [1.807, 2.05) is 30.3 Å². The van der Waals surface area contributed by atoms with Gasteiger partial charge < -0.3 is 20.1 Å². The predicted molar refractivity (Wildman–Crippen MR) is 52.3 cm³/mol. The van der Waals surface area contributed by atoms with Crippen molar-refractivity contribution in [1.29, 1.82) is 0 Å². The minimum absolute atomic E-state index is 0. The molecule has 0 saturated carbocycles. The second-order valence-corrected chi connectivity index (χ2v) is 2.06. The van der Waals surface area contributed by atoms with Gasteiger partial charge in [0.1, 0.15) is 0 Å². The summed E-state index contributed by atoms with van der Waals surface area (Å²) in [5.74, 6) is -1.17. The van der Waals surface area contributed by atoms with Gasteiger partial charge in [-0.25, -0.2) is 0 Å². The van der Waals surface area contributed by atoms with Crippen LogP contribution in [0.25, 0.3) is 6.08 Å². The van der Waals surface area contributed by atoms with E-state index in [-0.39, 0.29) is 51.4 Å². The predicted octanol–water partition coefficient (Wildman–Crippen LogP) is -4.59. The van der Waals surface area contributed by atoms with Crippen molar-refractivity contribution in [2.75, 3.05) is 14.2 Å². The van der Waals surface area contributed by atoms with Crippen LogP contribution in [-0.4, -0.2) is 20.2 Å². The molecule has 0 bridgehead atoms. The summed E-state index contributed by atoms with van der Waals surface area (Å²) in [4.78, 5) is 9.97. The van der Waals surface area contributed by atoms with Crippen molar-refractivity contribution in [3.63, 3.8) is 0 Å². The zero-order valence-corrected chi connectivity index (χ0v) is 12.8. The van der Waals surface area contributed by atoms with Gasteiger partial charge in [-0.3, -0.25) is 0 Å². The van der Waals surface area contributed by atoms with Crippen molar-refractivity contribution in [3.8, 4) is 0 Å². The van der Waals surface area contributed by atoms with Gasteiger partial charge in [0.2, 0.25) is 0 Å². The van der Waals surface area contributed by atoms with E-state index in [1.54, 1.807) is 0 Å². The Morgan fingerprint density at radius 2 is 1.50 bits per heavy atom. The van der Waals surface area contributed by atoms with E-state index in [2.05, 4.69) is 0 Å². The quantitative estimate of drug-likeness (QED) is 0.389. The molecular weight excluding hydrogens is 235 g/mol. The topological polar surface area (TPSA) is 86.2 Å². The number of aliphatic carboxylic acids is 1. The molecule has 0 saturated heterocycles. The van der Waals surface area contributed by atoms with Crippen molar-refractivity contribution >= 4 is 12.0 Å². The smallest absolute Gasteiger partial charge is 0.857 e. The summed E-state index contributed by atoms with van der Waals surface area (Å²) in [5, 5.41) is 26.5. The Morgan fingerprint density at radius 3 is 1.88 bits per heavy atom. The summed E-state index contributed by atoms with van der Waals surface area (Å²) in [7, 11) is 1.50. The number of rotatable bonds is 2. The van der Waals surface area contributed by atoms with Gasteiger partial charge >= 0.3 is 51.4 Å². The number of carboxylic acids is 1. The van der Waals surface area contributed by atoms with Gasteiger partial charge in [0.05, 0.1) is 5.97 Å². The number of carbonyl (C=O) groups excluding carboxylic acids is 1. The largest absolute Gasteiger partial charge is 1.00 e. The second kappa shape index (κ2) is 17.4. The second-order valence-electron chi connectivity index (χ2n) is 2.06. The van der Waals surface area contributed by atoms with E-state index in [9.17, 15) is 9.90 Å². The van der Waals surface area contributed by atoms with Gasteiger partial charge in [0, 0.05) is 0 Å². The Balaban J connectivity index is -0.000000305. The number of carbonyl (C=O) groups is 1. The molecule has 0 aliphatic carbocycles. The molecule has 0 amide bonds. The van der Waals surface area contributed by atoms with Crippen LogP contribution < -0.4 is 66.7 Å². The third-order valence-electron chi connectivity index (χ3n) is 1.21. The molecule has 16 heavy (non-hydrogen) atoms. The zero-order chi connectivity index (χ0) is 12.1. The molecule has 5 heteroatoms. The molecule has 0 heterocycles. The fourth-order valence-electron chi connectivity index (χ4n) is 0.728. The van der Waals surface area contributed by atoms with Crippen molar-refractivity contribution in [2.45, 2.75) is 0 Å². The zero-order valence-electron chi connectivity index (χ0n) is 9.67. The summed E-state index contributed by atoms with van der Waals surface area (Å²) in [6.07, 6.45) is 2.50. The average Bonchev–Trinajstić information content (AvgIpc) is 2.33. The maximum Gasteiger partial charge on any atom is 1.00 e. The van der Waals surface area contributed by atoms with Crippen LogP contribution in [0.1, 0.15) is 5.56 Å². The van der Waals surface area contributed by atoms with Crippen LogP contribution in [0.3, 0.4) is 0 Å². The van der Waals surface area contributed by atoms with Gasteiger partial charge in [-0.1, -0.05) is 36.4 Å². The molecule has 0 aliphatic heterocycles. The van der Waals surface area contributed by atoms with E-state index < -0.39 is 5.97 Å². The summed E-state index contributed by atoms with van der Waals surface area (Å²) >= 11 is 0. The molecule has 0 aromatic heterocycles. The fourth-order valence-corrected chi connectivity index (χ4v) is 0.728. The molecular formula is C11H13KO4-2. The van der Waals surface area contributed by atoms with Crippen molar-refractivity contribution in [1.82, 2.24) is 0 Å². The molecule has 1 rings (SSSR count). The number of benzene rings is 1. The normalized spacial score (nSPS) is 7.75. The summed E-state index contributed by atoms with van der Waals surface area (Å²) in [6.45, 7) is 0. The Labute approximate surface area is 138 Å². The van der Waals surface area contributed by atoms with E-state index in [1.165, 1.54) is 6.08 Å². The van der Waals surface area contributed by atoms with Crippen molar-refractivity contribution in [2.24, 2.45) is 0 Å². The third-order valence-corrected chi connectivity index (χ3v) is 1.21. The van der Waals surface area contributed by atoms with Gasteiger partial charge in [0.15, 0.2) is 0 Å². The van der Waals surface area contributed by atoms with E-state index in [0.717, 1.165) is 25.9 Å². The molecule has 0 fully saturated rings. The molecule has 4 nitrogen and oxygen atoms in total. The Morgan fingerprint density at radius 1 is 1.06 bits per heavy atom. The standard InChI is InChI=1S/C9H8O2.2CH3O.K/c10-9(11)7-6-8-4-2-1-3-5-8;2*1-2;/h1-7H,(H,10,11);2*1H3;/q;2*-1;+1/p-1/b7-6+;;;. The van der Waals surface area contributed by atoms with Gasteiger partial charge in [0.25, 0.3) is 0 Å². The summed E-state index contributed by atoms with van der Waals surface area (Å²) < 4.78 is 0. The first kappa shape index (κ1) is 21.3. The maximum atomic E-state index is 9.97. The van der Waals surface area contributed by atoms with E-state index in [4.69, 9.17) is 10.2 Å². The molecule has 1 aromatic carbocycles. The van der Waals surface area contributed by atoms with Crippen molar-refractivity contribution in [3.05, 3.63) is 42.0 Å². The van der Waals surface area contributed by atoms with Crippen LogP contribution in [0.5, 0.6) is 0 Å². The van der Waals surface area contributed by atoms with Crippen LogP contribution in [0, 0.1) is 0 Å². The Bertz CT molecular complexity index is 273. The SMILES string of the molecule is C[O-].C[O-].O=C([O-])/C=C/c1ccccc1.[K+]. The van der Waals surface area contributed by atoms with Gasteiger partial charge in [-0.05, 0) is 11.6 Å². The molecule has 0 atom stereocenters. The molecule has 84 valence electrons. The first-order valence-electron chi connectivity index (χ1n) is 4.05. The third kappa shape index (κ3) is 14.0. The van der Waals surface area contributed by atoms with Crippen molar-refractivity contribution < 1.29 is 71.5 Å². The molecule has 0 unspecified atom stereocenters. The minimum atomic E-state index is -1.17. The molecule has 0 radical (unpaired) electrons. The van der Waals surface area contributed by atoms with Crippen LogP contribution >= 0.6 is 0 Å². The van der Waals surface area contributed by atoms with Gasteiger partial charge in [-0.2, -0.15) is 14.2 Å².